The number of halogens is 1. The third-order valence-electron chi connectivity index (χ3n) is 2.13. The smallest absolute Gasteiger partial charge is 0.309 e. The van der Waals surface area contributed by atoms with Crippen LogP contribution in [0.25, 0.3) is 0 Å². The molecule has 0 radical (unpaired) electrons. The zero-order chi connectivity index (χ0) is 11.8. The van der Waals surface area contributed by atoms with Gasteiger partial charge in [0.25, 0.3) is 0 Å². The molecule has 0 saturated heterocycles. The Labute approximate surface area is 97.4 Å². The molecule has 1 aromatic heterocycles. The zero-order valence-electron chi connectivity index (χ0n) is 9.33. The highest BCUT2D eigenvalue weighted by molar-refractivity contribution is 9.10. The number of aryl methyl sites for hydroxylation is 1. The molecule has 0 unspecified atom stereocenters. The minimum absolute atomic E-state index is 0.0137. The lowest BCUT2D eigenvalue weighted by Crippen LogP contribution is -2.13. The van der Waals surface area contributed by atoms with Gasteiger partial charge in [-0.3, -0.25) is 9.48 Å². The number of hydrogen-bond acceptors (Lipinski definition) is 2. The third kappa shape index (κ3) is 2.59. The summed E-state index contributed by atoms with van der Waals surface area (Å²) in [6.07, 6.45) is -0.0137. The van der Waals surface area contributed by atoms with Gasteiger partial charge in [0.1, 0.15) is 0 Å². The first-order valence-electron chi connectivity index (χ1n) is 4.67. The largest absolute Gasteiger partial charge is 0.481 e. The first-order chi connectivity index (χ1) is 6.73. The molecule has 0 spiro atoms. The normalized spacial score (nSPS) is 11.8. The van der Waals surface area contributed by atoms with Gasteiger partial charge in [-0.25, -0.2) is 0 Å². The number of carbonyl (C=O) groups is 1. The summed E-state index contributed by atoms with van der Waals surface area (Å²) >= 11 is 3.42. The summed E-state index contributed by atoms with van der Waals surface area (Å²) in [4.78, 5) is 10.7. The van der Waals surface area contributed by atoms with Crippen molar-refractivity contribution in [1.29, 1.82) is 0 Å². The Balaban J connectivity index is 3.21. The maximum atomic E-state index is 10.7. The van der Waals surface area contributed by atoms with Gasteiger partial charge in [-0.15, -0.1) is 0 Å². The molecular weight excluding hydrogens is 260 g/mol. The fourth-order valence-electron chi connectivity index (χ4n) is 1.35. The maximum Gasteiger partial charge on any atom is 0.309 e. The minimum atomic E-state index is -0.848. The van der Waals surface area contributed by atoms with E-state index < -0.39 is 5.97 Å². The number of aromatic nitrogens is 2. The van der Waals surface area contributed by atoms with Gasteiger partial charge < -0.3 is 5.11 Å². The van der Waals surface area contributed by atoms with E-state index in [4.69, 9.17) is 5.11 Å². The van der Waals surface area contributed by atoms with Gasteiger partial charge >= 0.3 is 5.97 Å². The highest BCUT2D eigenvalue weighted by Crippen LogP contribution is 2.31. The van der Waals surface area contributed by atoms with Crippen LogP contribution in [0.1, 0.15) is 32.2 Å². The lowest BCUT2D eigenvalue weighted by molar-refractivity contribution is -0.136. The van der Waals surface area contributed by atoms with Gasteiger partial charge in [0.05, 0.1) is 22.3 Å². The molecule has 0 amide bonds. The average molecular weight is 275 g/mol. The third-order valence-corrected chi connectivity index (χ3v) is 2.96. The van der Waals surface area contributed by atoms with E-state index in [0.717, 1.165) is 10.2 Å². The van der Waals surface area contributed by atoms with Crippen molar-refractivity contribution >= 4 is 21.9 Å². The van der Waals surface area contributed by atoms with E-state index in [2.05, 4.69) is 21.0 Å². The second kappa shape index (κ2) is 3.96. The Bertz CT molecular complexity index is 391. The van der Waals surface area contributed by atoms with Crippen molar-refractivity contribution in [3.63, 3.8) is 0 Å². The molecule has 0 atom stereocenters. The Hall–Kier alpha value is -0.840. The van der Waals surface area contributed by atoms with Crippen molar-refractivity contribution in [3.8, 4) is 0 Å². The van der Waals surface area contributed by atoms with Crippen LogP contribution in [0.2, 0.25) is 0 Å². The Morgan fingerprint density at radius 1 is 1.53 bits per heavy atom. The summed E-state index contributed by atoms with van der Waals surface area (Å²) in [6, 6.07) is 0. The number of nitrogens with zero attached hydrogens (tertiary/aromatic N) is 2. The number of carboxylic acids is 1. The second-order valence-corrected chi connectivity index (χ2v) is 5.35. The van der Waals surface area contributed by atoms with Crippen LogP contribution in [0.5, 0.6) is 0 Å². The zero-order valence-corrected chi connectivity index (χ0v) is 10.9. The fourth-order valence-corrected chi connectivity index (χ4v) is 2.42. The molecule has 0 aliphatic carbocycles. The Morgan fingerprint density at radius 2 is 2.07 bits per heavy atom. The topological polar surface area (TPSA) is 55.1 Å². The molecule has 1 aromatic rings. The van der Waals surface area contributed by atoms with E-state index >= 15 is 0 Å². The Kier molecular flexibility index (Phi) is 3.23. The van der Waals surface area contributed by atoms with Crippen molar-refractivity contribution in [3.05, 3.63) is 15.9 Å². The average Bonchev–Trinajstić information content (AvgIpc) is 2.30. The molecule has 0 bridgehead atoms. The van der Waals surface area contributed by atoms with E-state index in [1.165, 1.54) is 0 Å². The molecule has 4 nitrogen and oxygen atoms in total. The maximum absolute atomic E-state index is 10.7. The summed E-state index contributed by atoms with van der Waals surface area (Å²) in [5.74, 6) is -0.848. The van der Waals surface area contributed by atoms with Crippen molar-refractivity contribution in [2.75, 3.05) is 0 Å². The summed E-state index contributed by atoms with van der Waals surface area (Å²) in [5.41, 5.74) is 1.50. The predicted octanol–water partition coefficient (Wildman–Crippen LogP) is 2.11. The molecule has 0 aliphatic heterocycles. The highest BCUT2D eigenvalue weighted by Gasteiger charge is 2.25. The van der Waals surface area contributed by atoms with E-state index in [9.17, 15) is 4.79 Å². The summed E-state index contributed by atoms with van der Waals surface area (Å²) in [6.45, 7) is 6.14. The van der Waals surface area contributed by atoms with E-state index in [1.54, 1.807) is 11.7 Å². The van der Waals surface area contributed by atoms with Crippen molar-refractivity contribution < 1.29 is 9.90 Å². The van der Waals surface area contributed by atoms with Crippen LogP contribution in [-0.4, -0.2) is 20.9 Å². The van der Waals surface area contributed by atoms with Crippen LogP contribution in [0.15, 0.2) is 4.47 Å². The molecule has 0 fully saturated rings. The Morgan fingerprint density at radius 3 is 2.40 bits per heavy atom. The van der Waals surface area contributed by atoms with Crippen LogP contribution < -0.4 is 0 Å². The van der Waals surface area contributed by atoms with Crippen molar-refractivity contribution in [1.82, 2.24) is 9.78 Å². The monoisotopic (exact) mass is 274 g/mol. The van der Waals surface area contributed by atoms with Crippen molar-refractivity contribution in [2.45, 2.75) is 32.6 Å². The SMILES string of the molecule is Cn1nc(C(C)(C)C)c(Br)c1CC(=O)O. The molecule has 0 aliphatic rings. The van der Waals surface area contributed by atoms with Gasteiger partial charge in [0, 0.05) is 12.5 Å². The standard InChI is InChI=1S/C10H15BrN2O2/c1-10(2,3)9-8(11)6(5-7(14)15)13(4)12-9/h5H2,1-4H3,(H,14,15). The van der Waals surface area contributed by atoms with Gasteiger partial charge in [-0.05, 0) is 15.9 Å². The highest BCUT2D eigenvalue weighted by atomic mass is 79.9. The first kappa shape index (κ1) is 12.2. The van der Waals surface area contributed by atoms with Gasteiger partial charge in [-0.1, -0.05) is 20.8 Å². The minimum Gasteiger partial charge on any atom is -0.481 e. The number of aliphatic carboxylic acids is 1. The van der Waals surface area contributed by atoms with Gasteiger partial charge in [0.2, 0.25) is 0 Å². The summed E-state index contributed by atoms with van der Waals surface area (Å²) < 4.78 is 2.43. The number of rotatable bonds is 2. The number of hydrogen-bond donors (Lipinski definition) is 1. The van der Waals surface area contributed by atoms with Crippen LogP contribution in [-0.2, 0) is 23.7 Å². The molecule has 84 valence electrons. The lowest BCUT2D eigenvalue weighted by Gasteiger charge is -2.15. The molecule has 0 saturated carbocycles. The van der Waals surface area contributed by atoms with Crippen LogP contribution >= 0.6 is 15.9 Å². The van der Waals surface area contributed by atoms with E-state index in [0.29, 0.717) is 5.69 Å². The molecule has 1 rings (SSSR count). The molecule has 5 heteroatoms. The van der Waals surface area contributed by atoms with E-state index in [-0.39, 0.29) is 11.8 Å². The molecule has 0 aromatic carbocycles. The van der Waals surface area contributed by atoms with Gasteiger partial charge in [-0.2, -0.15) is 5.10 Å². The molecule has 1 N–H and O–H groups in total. The second-order valence-electron chi connectivity index (χ2n) is 4.55. The lowest BCUT2D eigenvalue weighted by atomic mass is 9.92. The van der Waals surface area contributed by atoms with E-state index in [1.807, 2.05) is 20.8 Å². The first-order valence-corrected chi connectivity index (χ1v) is 5.46. The van der Waals surface area contributed by atoms with Crippen LogP contribution in [0.4, 0.5) is 0 Å². The fraction of sp³-hybridized carbons (Fsp3) is 0.600. The molecule has 15 heavy (non-hydrogen) atoms. The summed E-state index contributed by atoms with van der Waals surface area (Å²) in [5, 5.41) is 13.1. The quantitative estimate of drug-likeness (QED) is 0.899. The summed E-state index contributed by atoms with van der Waals surface area (Å²) in [7, 11) is 1.76. The van der Waals surface area contributed by atoms with Crippen molar-refractivity contribution in [2.24, 2.45) is 7.05 Å². The van der Waals surface area contributed by atoms with Crippen LogP contribution in [0, 0.1) is 0 Å². The molecule has 1 heterocycles. The number of carboxylic acid groups (broad SMARTS) is 1. The van der Waals surface area contributed by atoms with Gasteiger partial charge in [0.15, 0.2) is 0 Å². The molecular formula is C10H15BrN2O2. The predicted molar refractivity (Wildman–Crippen MR) is 60.9 cm³/mol. The van der Waals surface area contributed by atoms with Crippen LogP contribution in [0.3, 0.4) is 0 Å².